The Labute approximate surface area is 166 Å². The third-order valence-corrected chi connectivity index (χ3v) is 4.60. The minimum Gasteiger partial charge on any atom is -0.479 e. The number of ether oxygens (including phenoxy) is 1. The number of rotatable bonds is 11. The van der Waals surface area contributed by atoms with E-state index in [-0.39, 0.29) is 5.69 Å². The highest BCUT2D eigenvalue weighted by molar-refractivity contribution is 5.72. The Morgan fingerprint density at radius 2 is 1.96 bits per heavy atom. The predicted octanol–water partition coefficient (Wildman–Crippen LogP) is 3.66. The van der Waals surface area contributed by atoms with E-state index in [9.17, 15) is 9.59 Å². The molecule has 6 nitrogen and oxygen atoms in total. The zero-order valence-electron chi connectivity index (χ0n) is 16.9. The fourth-order valence-corrected chi connectivity index (χ4v) is 3.06. The van der Waals surface area contributed by atoms with E-state index in [2.05, 4.69) is 6.92 Å². The largest absolute Gasteiger partial charge is 0.479 e. The first-order valence-corrected chi connectivity index (χ1v) is 9.84. The highest BCUT2D eigenvalue weighted by atomic mass is 16.5. The van der Waals surface area contributed by atoms with Gasteiger partial charge in [0, 0.05) is 25.0 Å². The molecule has 1 aromatic carbocycles. The summed E-state index contributed by atoms with van der Waals surface area (Å²) >= 11 is 0. The first-order chi connectivity index (χ1) is 13.5. The van der Waals surface area contributed by atoms with Gasteiger partial charge < -0.3 is 9.84 Å². The lowest BCUT2D eigenvalue weighted by atomic mass is 10.1. The van der Waals surface area contributed by atoms with E-state index in [0.717, 1.165) is 43.5 Å². The average molecular weight is 386 g/mol. The molecule has 0 aliphatic rings. The molecule has 6 heteroatoms. The van der Waals surface area contributed by atoms with Gasteiger partial charge in [0.05, 0.1) is 0 Å². The summed E-state index contributed by atoms with van der Waals surface area (Å²) in [5.74, 6) is -0.431. The van der Waals surface area contributed by atoms with Crippen molar-refractivity contribution in [3.8, 4) is 5.75 Å². The summed E-state index contributed by atoms with van der Waals surface area (Å²) in [7, 11) is 0. The summed E-state index contributed by atoms with van der Waals surface area (Å²) in [4.78, 5) is 23.4. The predicted molar refractivity (Wildman–Crippen MR) is 110 cm³/mol. The smallest absolute Gasteiger partial charge is 0.344 e. The van der Waals surface area contributed by atoms with Crippen molar-refractivity contribution in [1.82, 2.24) is 9.13 Å². The van der Waals surface area contributed by atoms with Crippen molar-refractivity contribution in [2.24, 2.45) is 0 Å². The molecule has 0 aliphatic heterocycles. The number of carboxylic acid groups (broad SMARTS) is 1. The molecule has 152 valence electrons. The molecule has 1 aromatic heterocycles. The van der Waals surface area contributed by atoms with Crippen molar-refractivity contribution in [2.75, 3.05) is 0 Å². The molecule has 0 saturated heterocycles. The summed E-state index contributed by atoms with van der Waals surface area (Å²) < 4.78 is 9.00. The number of aryl methyl sites for hydroxylation is 2. The van der Waals surface area contributed by atoms with Gasteiger partial charge in [0.2, 0.25) is 0 Å². The first-order valence-electron chi connectivity index (χ1n) is 9.84. The molecule has 2 rings (SSSR count). The Morgan fingerprint density at radius 1 is 1.25 bits per heavy atom. The standard InChI is InChI=1S/C22H30N2O4/c1-4-6-15-23-16-19(24(14-5-2)22(23)27)9-7-8-18-10-12-20(13-11-18)28-17(3)21(25)26/h4,6,10-13,16-17H,5,7-9,14-15H2,1-3H3,(H,25,26)/b6-4+. The van der Waals surface area contributed by atoms with Gasteiger partial charge in [0.15, 0.2) is 6.10 Å². The minimum atomic E-state index is -0.983. The topological polar surface area (TPSA) is 73.5 Å². The van der Waals surface area contributed by atoms with E-state index < -0.39 is 12.1 Å². The van der Waals surface area contributed by atoms with Gasteiger partial charge in [-0.1, -0.05) is 31.2 Å². The Balaban J connectivity index is 1.97. The lowest BCUT2D eigenvalue weighted by Crippen LogP contribution is -2.24. The van der Waals surface area contributed by atoms with E-state index in [0.29, 0.717) is 12.3 Å². The van der Waals surface area contributed by atoms with Gasteiger partial charge in [0.25, 0.3) is 0 Å². The van der Waals surface area contributed by atoms with Crippen LogP contribution >= 0.6 is 0 Å². The van der Waals surface area contributed by atoms with Crippen LogP contribution in [0.15, 0.2) is 47.4 Å². The molecule has 0 amide bonds. The van der Waals surface area contributed by atoms with Crippen LogP contribution in [0.2, 0.25) is 0 Å². The maximum absolute atomic E-state index is 12.5. The van der Waals surface area contributed by atoms with E-state index >= 15 is 0 Å². The minimum absolute atomic E-state index is 0.0593. The van der Waals surface area contributed by atoms with Gasteiger partial charge in [-0.2, -0.15) is 0 Å². The number of hydrogen-bond donors (Lipinski definition) is 1. The lowest BCUT2D eigenvalue weighted by molar-refractivity contribution is -0.144. The lowest BCUT2D eigenvalue weighted by Gasteiger charge is -2.11. The number of aromatic nitrogens is 2. The van der Waals surface area contributed by atoms with E-state index in [1.165, 1.54) is 6.92 Å². The van der Waals surface area contributed by atoms with Crippen molar-refractivity contribution in [2.45, 2.75) is 65.6 Å². The van der Waals surface area contributed by atoms with Crippen LogP contribution in [0.25, 0.3) is 0 Å². The fourth-order valence-electron chi connectivity index (χ4n) is 3.06. The van der Waals surface area contributed by atoms with Crippen LogP contribution < -0.4 is 10.4 Å². The second kappa shape index (κ2) is 10.5. The van der Waals surface area contributed by atoms with Crippen LogP contribution in [-0.2, 0) is 30.7 Å². The maximum atomic E-state index is 12.5. The van der Waals surface area contributed by atoms with Gasteiger partial charge >= 0.3 is 11.7 Å². The van der Waals surface area contributed by atoms with Gasteiger partial charge in [-0.05, 0) is 57.2 Å². The summed E-state index contributed by atoms with van der Waals surface area (Å²) in [6.07, 6.45) is 8.63. The maximum Gasteiger partial charge on any atom is 0.344 e. The Kier molecular flexibility index (Phi) is 8.11. The highest BCUT2D eigenvalue weighted by Crippen LogP contribution is 2.16. The molecule has 0 radical (unpaired) electrons. The van der Waals surface area contributed by atoms with Crippen LogP contribution in [-0.4, -0.2) is 26.3 Å². The van der Waals surface area contributed by atoms with Gasteiger partial charge in [-0.3, -0.25) is 9.13 Å². The normalized spacial score (nSPS) is 12.4. The van der Waals surface area contributed by atoms with Crippen LogP contribution in [0.4, 0.5) is 0 Å². The monoisotopic (exact) mass is 386 g/mol. The third-order valence-electron chi connectivity index (χ3n) is 4.60. The molecule has 1 N–H and O–H groups in total. The van der Waals surface area contributed by atoms with Crippen molar-refractivity contribution >= 4 is 5.97 Å². The zero-order chi connectivity index (χ0) is 20.5. The van der Waals surface area contributed by atoms with E-state index in [4.69, 9.17) is 9.84 Å². The highest BCUT2D eigenvalue weighted by Gasteiger charge is 2.12. The van der Waals surface area contributed by atoms with Crippen molar-refractivity contribution in [1.29, 1.82) is 0 Å². The number of hydrogen-bond acceptors (Lipinski definition) is 3. The second-order valence-electron chi connectivity index (χ2n) is 6.87. The fraction of sp³-hybridized carbons (Fsp3) is 0.455. The molecule has 0 saturated carbocycles. The summed E-state index contributed by atoms with van der Waals surface area (Å²) in [5.41, 5.74) is 2.30. The quantitative estimate of drug-likeness (QED) is 0.598. The van der Waals surface area contributed by atoms with Gasteiger partial charge in [-0.25, -0.2) is 9.59 Å². The molecule has 0 spiro atoms. The Morgan fingerprint density at radius 3 is 2.57 bits per heavy atom. The molecule has 28 heavy (non-hydrogen) atoms. The molecule has 2 aromatic rings. The number of aliphatic carboxylic acids is 1. The van der Waals surface area contributed by atoms with Crippen molar-refractivity contribution in [3.05, 3.63) is 64.4 Å². The molecule has 1 heterocycles. The molecule has 0 aliphatic carbocycles. The molecule has 0 bridgehead atoms. The van der Waals surface area contributed by atoms with Gasteiger partial charge in [0.1, 0.15) is 5.75 Å². The number of carbonyl (C=O) groups is 1. The van der Waals surface area contributed by atoms with Gasteiger partial charge in [-0.15, -0.1) is 0 Å². The van der Waals surface area contributed by atoms with Crippen LogP contribution in [0.5, 0.6) is 5.75 Å². The number of imidazole rings is 1. The number of allylic oxidation sites excluding steroid dienone is 2. The van der Waals surface area contributed by atoms with E-state index in [1.807, 2.05) is 42.0 Å². The molecule has 1 unspecified atom stereocenters. The number of nitrogens with zero attached hydrogens (tertiary/aromatic N) is 2. The number of carboxylic acids is 1. The third kappa shape index (κ3) is 5.87. The second-order valence-corrected chi connectivity index (χ2v) is 6.87. The Bertz CT molecular complexity index is 846. The Hall–Kier alpha value is -2.76. The van der Waals surface area contributed by atoms with Crippen molar-refractivity contribution < 1.29 is 14.6 Å². The SMILES string of the molecule is C/C=C/Cn1cc(CCCc2ccc(OC(C)C(=O)O)cc2)n(CCC)c1=O. The summed E-state index contributed by atoms with van der Waals surface area (Å²) in [6, 6.07) is 7.52. The van der Waals surface area contributed by atoms with Crippen LogP contribution in [0, 0.1) is 0 Å². The number of benzene rings is 1. The molecular weight excluding hydrogens is 356 g/mol. The molecule has 0 fully saturated rings. The van der Waals surface area contributed by atoms with Crippen LogP contribution in [0.3, 0.4) is 0 Å². The average Bonchev–Trinajstić information content (AvgIpc) is 2.97. The summed E-state index contributed by atoms with van der Waals surface area (Å²) in [6.45, 7) is 6.89. The zero-order valence-corrected chi connectivity index (χ0v) is 16.9. The summed E-state index contributed by atoms with van der Waals surface area (Å²) in [5, 5.41) is 8.90. The van der Waals surface area contributed by atoms with Crippen LogP contribution in [0.1, 0.15) is 44.9 Å². The first kappa shape index (κ1) is 21.5. The molecular formula is C22H30N2O4. The van der Waals surface area contributed by atoms with Crippen molar-refractivity contribution in [3.63, 3.8) is 0 Å². The molecule has 1 atom stereocenters. The van der Waals surface area contributed by atoms with E-state index in [1.54, 1.807) is 16.7 Å².